The van der Waals surface area contributed by atoms with Gasteiger partial charge in [0.1, 0.15) is 16.9 Å². The zero-order valence-electron chi connectivity index (χ0n) is 17.9. The minimum absolute atomic E-state index is 0.237. The lowest BCUT2D eigenvalue weighted by molar-refractivity contribution is 0.660. The minimum Gasteiger partial charge on any atom is -0.449 e. The molecule has 1 N–H and O–H groups in total. The Morgan fingerprint density at radius 2 is 1.82 bits per heavy atom. The van der Waals surface area contributed by atoms with Crippen molar-refractivity contribution in [2.75, 3.05) is 0 Å². The average molecular weight is 467 g/mol. The van der Waals surface area contributed by atoms with Crippen LogP contribution in [0.15, 0.2) is 93.5 Å². The van der Waals surface area contributed by atoms with Crippen LogP contribution in [0.4, 0.5) is 0 Å². The molecule has 0 amide bonds. The molecule has 0 aliphatic heterocycles. The van der Waals surface area contributed by atoms with Gasteiger partial charge in [-0.1, -0.05) is 54.2 Å². The van der Waals surface area contributed by atoms with Crippen LogP contribution in [-0.2, 0) is 12.3 Å². The number of thioether (sulfide) groups is 1. The molecule has 9 heteroatoms. The van der Waals surface area contributed by atoms with Gasteiger partial charge in [0.05, 0.1) is 12.3 Å². The quantitative estimate of drug-likeness (QED) is 0.356. The van der Waals surface area contributed by atoms with Crippen molar-refractivity contribution in [2.45, 2.75) is 17.5 Å². The van der Waals surface area contributed by atoms with Gasteiger partial charge in [-0.05, 0) is 29.8 Å². The Morgan fingerprint density at radius 3 is 2.68 bits per heavy atom. The van der Waals surface area contributed by atoms with Gasteiger partial charge in [-0.15, -0.1) is 10.2 Å². The van der Waals surface area contributed by atoms with Gasteiger partial charge in [-0.2, -0.15) is 0 Å². The summed E-state index contributed by atoms with van der Waals surface area (Å²) in [5.41, 5.74) is 3.17. The van der Waals surface area contributed by atoms with E-state index in [0.29, 0.717) is 29.2 Å². The number of furan rings is 1. The number of nitrogens with one attached hydrogen (secondary N) is 1. The molecule has 2 aromatic carbocycles. The maximum absolute atomic E-state index is 12.6. The van der Waals surface area contributed by atoms with Crippen LogP contribution >= 0.6 is 11.8 Å². The predicted molar refractivity (Wildman–Crippen MR) is 130 cm³/mol. The fourth-order valence-electron chi connectivity index (χ4n) is 3.86. The SMILES string of the molecule is O=c1[nH]c(CSc2nnc(-c3cccnc3)n2Cc2ccccc2)nc2c1oc1ccccc12. The van der Waals surface area contributed by atoms with Crippen molar-refractivity contribution in [1.29, 1.82) is 0 Å². The van der Waals surface area contributed by atoms with Crippen molar-refractivity contribution in [3.05, 3.63) is 101 Å². The van der Waals surface area contributed by atoms with Gasteiger partial charge in [0, 0.05) is 23.3 Å². The van der Waals surface area contributed by atoms with E-state index in [9.17, 15) is 4.79 Å². The predicted octanol–water partition coefficient (Wildman–Crippen LogP) is 4.66. The van der Waals surface area contributed by atoms with Crippen LogP contribution in [0.25, 0.3) is 33.5 Å². The van der Waals surface area contributed by atoms with E-state index in [4.69, 9.17) is 4.42 Å². The smallest absolute Gasteiger partial charge is 0.294 e. The number of aromatic amines is 1. The summed E-state index contributed by atoms with van der Waals surface area (Å²) in [6.45, 7) is 0.607. The topological polar surface area (TPSA) is 102 Å². The second-order valence-electron chi connectivity index (χ2n) is 7.70. The van der Waals surface area contributed by atoms with Crippen molar-refractivity contribution in [2.24, 2.45) is 0 Å². The van der Waals surface area contributed by atoms with Gasteiger partial charge in [-0.25, -0.2) is 4.98 Å². The molecular formula is C25H18N6O2S. The van der Waals surface area contributed by atoms with Crippen molar-refractivity contribution in [3.8, 4) is 11.4 Å². The van der Waals surface area contributed by atoms with E-state index in [1.165, 1.54) is 11.8 Å². The van der Waals surface area contributed by atoms with E-state index < -0.39 is 0 Å². The molecule has 0 radical (unpaired) electrons. The lowest BCUT2D eigenvalue weighted by atomic mass is 10.2. The first-order valence-electron chi connectivity index (χ1n) is 10.7. The Labute approximate surface area is 197 Å². The molecule has 4 aromatic heterocycles. The number of rotatable bonds is 6. The summed E-state index contributed by atoms with van der Waals surface area (Å²) < 4.78 is 7.75. The Morgan fingerprint density at radius 1 is 0.971 bits per heavy atom. The van der Waals surface area contributed by atoms with Gasteiger partial charge >= 0.3 is 0 Å². The molecule has 0 atom stereocenters. The second-order valence-corrected chi connectivity index (χ2v) is 8.64. The highest BCUT2D eigenvalue weighted by Crippen LogP contribution is 2.28. The van der Waals surface area contributed by atoms with Gasteiger partial charge in [0.25, 0.3) is 5.56 Å². The molecule has 0 saturated heterocycles. The highest BCUT2D eigenvalue weighted by atomic mass is 32.2. The Bertz CT molecular complexity index is 1660. The molecule has 0 bridgehead atoms. The third-order valence-electron chi connectivity index (χ3n) is 5.44. The number of benzene rings is 2. The lowest BCUT2D eigenvalue weighted by Gasteiger charge is -2.10. The number of hydrogen-bond donors (Lipinski definition) is 1. The monoisotopic (exact) mass is 466 g/mol. The van der Waals surface area contributed by atoms with Crippen molar-refractivity contribution in [1.82, 2.24) is 29.7 Å². The molecule has 6 rings (SSSR count). The molecular weight excluding hydrogens is 448 g/mol. The molecule has 34 heavy (non-hydrogen) atoms. The van der Waals surface area contributed by atoms with E-state index in [2.05, 4.69) is 41.8 Å². The van der Waals surface area contributed by atoms with Crippen molar-refractivity contribution >= 4 is 33.8 Å². The third-order valence-corrected chi connectivity index (χ3v) is 6.42. The van der Waals surface area contributed by atoms with E-state index in [1.54, 1.807) is 12.4 Å². The number of para-hydroxylation sites is 1. The van der Waals surface area contributed by atoms with E-state index in [-0.39, 0.29) is 11.1 Å². The molecule has 0 aliphatic rings. The van der Waals surface area contributed by atoms with E-state index in [0.717, 1.165) is 27.5 Å². The zero-order chi connectivity index (χ0) is 22.9. The van der Waals surface area contributed by atoms with E-state index >= 15 is 0 Å². The molecule has 0 saturated carbocycles. The maximum Gasteiger partial charge on any atom is 0.294 e. The van der Waals surface area contributed by atoms with Crippen LogP contribution in [0.5, 0.6) is 0 Å². The first-order chi connectivity index (χ1) is 16.8. The van der Waals surface area contributed by atoms with Crippen LogP contribution < -0.4 is 5.56 Å². The third kappa shape index (κ3) is 3.75. The van der Waals surface area contributed by atoms with Crippen LogP contribution in [-0.4, -0.2) is 29.7 Å². The van der Waals surface area contributed by atoms with Crippen LogP contribution in [0.3, 0.4) is 0 Å². The number of fused-ring (bicyclic) bond motifs is 3. The standard InChI is InChI=1S/C25H18N6O2S/c32-24-22-21(18-10-4-5-11-19(18)33-22)27-20(28-24)15-34-25-30-29-23(17-9-6-12-26-13-17)31(25)14-16-7-2-1-3-8-16/h1-13H,14-15H2,(H,27,28,32). The summed E-state index contributed by atoms with van der Waals surface area (Å²) in [6.07, 6.45) is 3.51. The Hall–Kier alpha value is -4.24. The number of pyridine rings is 1. The molecule has 6 aromatic rings. The highest BCUT2D eigenvalue weighted by molar-refractivity contribution is 7.98. The molecule has 0 spiro atoms. The Kier molecular flexibility index (Phi) is 5.15. The first-order valence-corrected chi connectivity index (χ1v) is 11.7. The Balaban J connectivity index is 1.35. The fraction of sp³-hybridized carbons (Fsp3) is 0.0800. The van der Waals surface area contributed by atoms with Crippen LogP contribution in [0.1, 0.15) is 11.4 Å². The summed E-state index contributed by atoms with van der Waals surface area (Å²) in [7, 11) is 0. The van der Waals surface area contributed by atoms with Gasteiger partial charge in [0.2, 0.25) is 5.58 Å². The number of H-pyrrole nitrogens is 1. The number of nitrogens with zero attached hydrogens (tertiary/aromatic N) is 5. The number of aromatic nitrogens is 6. The van der Waals surface area contributed by atoms with Gasteiger partial charge < -0.3 is 9.40 Å². The molecule has 0 aliphatic carbocycles. The first kappa shape index (κ1) is 20.4. The fourth-order valence-corrected chi connectivity index (χ4v) is 4.67. The van der Waals surface area contributed by atoms with Gasteiger partial charge in [-0.3, -0.25) is 14.3 Å². The van der Waals surface area contributed by atoms with Crippen molar-refractivity contribution in [3.63, 3.8) is 0 Å². The average Bonchev–Trinajstić information content (AvgIpc) is 3.46. The van der Waals surface area contributed by atoms with Crippen LogP contribution in [0.2, 0.25) is 0 Å². The lowest BCUT2D eigenvalue weighted by Crippen LogP contribution is -2.10. The summed E-state index contributed by atoms with van der Waals surface area (Å²) in [6, 6.07) is 21.5. The molecule has 0 unspecified atom stereocenters. The van der Waals surface area contributed by atoms with Crippen molar-refractivity contribution < 1.29 is 4.42 Å². The second kappa shape index (κ2) is 8.60. The largest absolute Gasteiger partial charge is 0.449 e. The molecule has 4 heterocycles. The summed E-state index contributed by atoms with van der Waals surface area (Å²) in [4.78, 5) is 24.4. The molecule has 8 nitrogen and oxygen atoms in total. The minimum atomic E-state index is -0.293. The zero-order valence-corrected chi connectivity index (χ0v) is 18.7. The maximum atomic E-state index is 12.6. The van der Waals surface area contributed by atoms with Gasteiger partial charge in [0.15, 0.2) is 11.0 Å². The summed E-state index contributed by atoms with van der Waals surface area (Å²) in [5.74, 6) is 1.70. The molecule has 0 fully saturated rings. The van der Waals surface area contributed by atoms with Crippen LogP contribution in [0, 0.1) is 0 Å². The normalized spacial score (nSPS) is 11.4. The van der Waals surface area contributed by atoms with E-state index in [1.807, 2.05) is 54.6 Å². The number of hydrogen-bond acceptors (Lipinski definition) is 7. The molecule has 166 valence electrons. The summed E-state index contributed by atoms with van der Waals surface area (Å²) >= 11 is 1.47. The summed E-state index contributed by atoms with van der Waals surface area (Å²) in [5, 5.41) is 10.4. The highest BCUT2D eigenvalue weighted by Gasteiger charge is 2.17.